The van der Waals surface area contributed by atoms with Gasteiger partial charge in [0.25, 0.3) is 0 Å². The molecule has 19 heavy (non-hydrogen) atoms. The average Bonchev–Trinajstić information content (AvgIpc) is 2.44. The van der Waals surface area contributed by atoms with Crippen molar-refractivity contribution in [3.05, 3.63) is 0 Å². The molecule has 0 bridgehead atoms. The first kappa shape index (κ1) is 15.6. The van der Waals surface area contributed by atoms with Crippen molar-refractivity contribution in [3.63, 3.8) is 0 Å². The number of hydrogen-bond donors (Lipinski definition) is 0. The number of carbonyl (C=O) groups is 2. The highest BCUT2D eigenvalue weighted by Crippen LogP contribution is 2.19. The van der Waals surface area contributed by atoms with Gasteiger partial charge in [-0.05, 0) is 32.6 Å². The molecule has 0 unspecified atom stereocenters. The van der Waals surface area contributed by atoms with Crippen molar-refractivity contribution in [2.75, 3.05) is 19.7 Å². The van der Waals surface area contributed by atoms with Crippen LogP contribution in [0, 0.1) is 18.3 Å². The number of rotatable bonds is 6. The third kappa shape index (κ3) is 5.34. The van der Waals surface area contributed by atoms with Crippen molar-refractivity contribution >= 4 is 11.9 Å². The molecule has 0 spiro atoms. The molecule has 0 N–H and O–H groups in total. The number of hydrogen-bond acceptors (Lipinski definition) is 3. The molecule has 0 radical (unpaired) electrons. The van der Waals surface area contributed by atoms with Crippen LogP contribution in [0.15, 0.2) is 0 Å². The molecule has 4 nitrogen and oxygen atoms in total. The Labute approximate surface area is 115 Å². The lowest BCUT2D eigenvalue weighted by Crippen LogP contribution is -2.42. The van der Waals surface area contributed by atoms with Gasteiger partial charge in [0, 0.05) is 25.9 Å². The van der Waals surface area contributed by atoms with E-state index in [0.29, 0.717) is 19.6 Å². The van der Waals surface area contributed by atoms with Crippen LogP contribution in [0.3, 0.4) is 0 Å². The molecule has 0 aromatic rings. The lowest BCUT2D eigenvalue weighted by atomic mass is 9.97. The fourth-order valence-corrected chi connectivity index (χ4v) is 2.32. The quantitative estimate of drug-likeness (QED) is 0.419. The minimum Gasteiger partial charge on any atom is -0.466 e. The molecule has 1 atom stereocenters. The summed E-state index contributed by atoms with van der Waals surface area (Å²) >= 11 is 0. The van der Waals surface area contributed by atoms with Crippen LogP contribution in [0.2, 0.25) is 0 Å². The third-order valence-corrected chi connectivity index (χ3v) is 3.36. The summed E-state index contributed by atoms with van der Waals surface area (Å²) in [6.07, 6.45) is 9.82. The number of piperidine rings is 1. The Hall–Kier alpha value is -1.50. The molecule has 1 saturated heterocycles. The van der Waals surface area contributed by atoms with Crippen LogP contribution >= 0.6 is 0 Å². The molecule has 4 heteroatoms. The van der Waals surface area contributed by atoms with Gasteiger partial charge in [0.1, 0.15) is 0 Å². The maximum Gasteiger partial charge on any atom is 0.310 e. The SMILES string of the molecule is C#CCCCCC(=O)N1CCC[C@@H](C(=O)OCC)C1. The number of carbonyl (C=O) groups excluding carboxylic acids is 2. The lowest BCUT2D eigenvalue weighted by Gasteiger charge is -2.31. The zero-order chi connectivity index (χ0) is 14.1. The van der Waals surface area contributed by atoms with Gasteiger partial charge >= 0.3 is 5.97 Å². The lowest BCUT2D eigenvalue weighted by molar-refractivity contribution is -0.151. The fraction of sp³-hybridized carbons (Fsp3) is 0.733. The molecule has 1 amide bonds. The molecule has 1 aliphatic heterocycles. The van der Waals surface area contributed by atoms with E-state index in [0.717, 1.165) is 38.6 Å². The van der Waals surface area contributed by atoms with E-state index in [-0.39, 0.29) is 17.8 Å². The van der Waals surface area contributed by atoms with Crippen LogP contribution in [0.25, 0.3) is 0 Å². The number of terminal acetylenes is 1. The van der Waals surface area contributed by atoms with E-state index in [4.69, 9.17) is 11.2 Å². The van der Waals surface area contributed by atoms with Crippen LogP contribution in [0.4, 0.5) is 0 Å². The van der Waals surface area contributed by atoms with E-state index < -0.39 is 0 Å². The average molecular weight is 265 g/mol. The van der Waals surface area contributed by atoms with Gasteiger partial charge in [0.15, 0.2) is 0 Å². The van der Waals surface area contributed by atoms with Crippen molar-refractivity contribution in [3.8, 4) is 12.3 Å². The largest absolute Gasteiger partial charge is 0.466 e. The summed E-state index contributed by atoms with van der Waals surface area (Å²) in [5.41, 5.74) is 0. The summed E-state index contributed by atoms with van der Waals surface area (Å²) in [5, 5.41) is 0. The Kier molecular flexibility index (Phi) is 7.02. The molecule has 0 aromatic heterocycles. The van der Waals surface area contributed by atoms with Crippen molar-refractivity contribution in [2.45, 2.75) is 45.4 Å². The van der Waals surface area contributed by atoms with E-state index in [2.05, 4.69) is 5.92 Å². The molecular weight excluding hydrogens is 242 g/mol. The normalized spacial score (nSPS) is 18.7. The Morgan fingerprint density at radius 3 is 2.89 bits per heavy atom. The highest BCUT2D eigenvalue weighted by atomic mass is 16.5. The molecule has 1 rings (SSSR count). The van der Waals surface area contributed by atoms with Crippen molar-refractivity contribution in [2.24, 2.45) is 5.92 Å². The first-order valence-electron chi connectivity index (χ1n) is 7.07. The Morgan fingerprint density at radius 1 is 1.42 bits per heavy atom. The maximum atomic E-state index is 12.0. The zero-order valence-electron chi connectivity index (χ0n) is 11.7. The molecule has 106 valence electrons. The summed E-state index contributed by atoms with van der Waals surface area (Å²) in [6, 6.07) is 0. The van der Waals surface area contributed by atoms with Gasteiger partial charge in [0.05, 0.1) is 12.5 Å². The molecule has 0 aliphatic carbocycles. The van der Waals surface area contributed by atoms with E-state index >= 15 is 0 Å². The van der Waals surface area contributed by atoms with Gasteiger partial charge in [0.2, 0.25) is 5.91 Å². The smallest absolute Gasteiger partial charge is 0.310 e. The van der Waals surface area contributed by atoms with Crippen LogP contribution in [-0.2, 0) is 14.3 Å². The van der Waals surface area contributed by atoms with E-state index in [9.17, 15) is 9.59 Å². The molecule has 0 saturated carbocycles. The monoisotopic (exact) mass is 265 g/mol. The fourth-order valence-electron chi connectivity index (χ4n) is 2.32. The predicted octanol–water partition coefficient (Wildman–Crippen LogP) is 1.98. The zero-order valence-corrected chi connectivity index (χ0v) is 11.7. The number of ether oxygens (including phenoxy) is 1. The molecular formula is C15H23NO3. The van der Waals surface area contributed by atoms with Gasteiger partial charge in [-0.2, -0.15) is 0 Å². The second-order valence-corrected chi connectivity index (χ2v) is 4.84. The summed E-state index contributed by atoms with van der Waals surface area (Å²) in [4.78, 5) is 25.5. The Morgan fingerprint density at radius 2 is 2.21 bits per heavy atom. The van der Waals surface area contributed by atoms with Crippen LogP contribution in [0.1, 0.15) is 45.4 Å². The van der Waals surface area contributed by atoms with Gasteiger partial charge in [-0.15, -0.1) is 12.3 Å². The van der Waals surface area contributed by atoms with Crippen molar-refractivity contribution in [1.29, 1.82) is 0 Å². The van der Waals surface area contributed by atoms with E-state index in [1.54, 1.807) is 11.8 Å². The Balaban J connectivity index is 2.35. The first-order chi connectivity index (χ1) is 9.19. The van der Waals surface area contributed by atoms with Crippen molar-refractivity contribution in [1.82, 2.24) is 4.90 Å². The number of likely N-dealkylation sites (tertiary alicyclic amines) is 1. The molecule has 0 aromatic carbocycles. The summed E-state index contributed by atoms with van der Waals surface area (Å²) in [7, 11) is 0. The summed E-state index contributed by atoms with van der Waals surface area (Å²) in [5.74, 6) is 2.38. The van der Waals surface area contributed by atoms with Gasteiger partial charge in [-0.1, -0.05) is 0 Å². The third-order valence-electron chi connectivity index (χ3n) is 3.36. The first-order valence-corrected chi connectivity index (χ1v) is 7.07. The van der Waals surface area contributed by atoms with Crippen LogP contribution in [-0.4, -0.2) is 36.5 Å². The second-order valence-electron chi connectivity index (χ2n) is 4.84. The predicted molar refractivity (Wildman–Crippen MR) is 73.2 cm³/mol. The van der Waals surface area contributed by atoms with Gasteiger partial charge in [-0.3, -0.25) is 9.59 Å². The molecule has 1 heterocycles. The van der Waals surface area contributed by atoms with E-state index in [1.807, 2.05) is 0 Å². The molecule has 1 fully saturated rings. The molecule has 1 aliphatic rings. The van der Waals surface area contributed by atoms with Gasteiger partial charge in [-0.25, -0.2) is 0 Å². The topological polar surface area (TPSA) is 46.6 Å². The number of unbranched alkanes of at least 4 members (excludes halogenated alkanes) is 2. The minimum atomic E-state index is -0.174. The highest BCUT2D eigenvalue weighted by Gasteiger charge is 2.28. The number of esters is 1. The second kappa shape index (κ2) is 8.58. The summed E-state index contributed by atoms with van der Waals surface area (Å²) in [6.45, 7) is 3.46. The number of amides is 1. The van der Waals surface area contributed by atoms with Crippen LogP contribution in [0.5, 0.6) is 0 Å². The summed E-state index contributed by atoms with van der Waals surface area (Å²) < 4.78 is 5.02. The van der Waals surface area contributed by atoms with Gasteiger partial charge < -0.3 is 9.64 Å². The maximum absolute atomic E-state index is 12.0. The van der Waals surface area contributed by atoms with Crippen LogP contribution < -0.4 is 0 Å². The van der Waals surface area contributed by atoms with Crippen molar-refractivity contribution < 1.29 is 14.3 Å². The van der Waals surface area contributed by atoms with E-state index in [1.165, 1.54) is 0 Å². The highest BCUT2D eigenvalue weighted by molar-refractivity contribution is 5.78. The minimum absolute atomic E-state index is 0.131. The Bertz CT molecular complexity index is 346. The standard InChI is InChI=1S/C15H23NO3/c1-3-5-6-7-10-14(17)16-11-8-9-13(12-16)15(18)19-4-2/h1,13H,4-12H2,2H3/t13-/m1/s1. The number of nitrogens with zero attached hydrogens (tertiary/aromatic N) is 1.